The third kappa shape index (κ3) is 1.61. The molecule has 0 spiro atoms. The first-order valence-corrected chi connectivity index (χ1v) is 5.68. The number of carbonyl (C=O) groups is 1. The molecule has 0 amide bonds. The number of aryl methyl sites for hydroxylation is 1. The fourth-order valence-electron chi connectivity index (χ4n) is 1.58. The average molecular weight is 237 g/mol. The van der Waals surface area contributed by atoms with Gasteiger partial charge in [0.15, 0.2) is 0 Å². The Bertz CT molecular complexity index is 550. The van der Waals surface area contributed by atoms with Gasteiger partial charge in [0.2, 0.25) is 0 Å². The lowest BCUT2D eigenvalue weighted by Gasteiger charge is -2.03. The Morgan fingerprint density at radius 1 is 1.56 bits per heavy atom. The van der Waals surface area contributed by atoms with Crippen LogP contribution in [-0.4, -0.2) is 27.6 Å². The SMILES string of the molecule is CCNc1ncnc2sc(C(=O)O)c(C)c12. The third-order valence-corrected chi connectivity index (χ3v) is 3.45. The molecule has 0 radical (unpaired) electrons. The molecular formula is C10H11N3O2S. The summed E-state index contributed by atoms with van der Waals surface area (Å²) in [5.74, 6) is -0.211. The normalized spacial score (nSPS) is 10.6. The summed E-state index contributed by atoms with van der Waals surface area (Å²) in [6.07, 6.45) is 1.45. The van der Waals surface area contributed by atoms with Crippen LogP contribution in [0.4, 0.5) is 5.82 Å². The van der Waals surface area contributed by atoms with E-state index in [1.807, 2.05) is 6.92 Å². The number of aromatic nitrogens is 2. The second-order valence-corrected chi connectivity index (χ2v) is 4.29. The van der Waals surface area contributed by atoms with Gasteiger partial charge < -0.3 is 10.4 Å². The number of nitrogens with zero attached hydrogens (tertiary/aromatic N) is 2. The van der Waals surface area contributed by atoms with Crippen LogP contribution in [0.25, 0.3) is 10.2 Å². The molecule has 2 aromatic rings. The summed E-state index contributed by atoms with van der Waals surface area (Å²) < 4.78 is 0. The van der Waals surface area contributed by atoms with Gasteiger partial charge in [-0.2, -0.15) is 0 Å². The highest BCUT2D eigenvalue weighted by atomic mass is 32.1. The molecule has 0 bridgehead atoms. The van der Waals surface area contributed by atoms with Crippen LogP contribution in [0.15, 0.2) is 6.33 Å². The molecule has 6 heteroatoms. The van der Waals surface area contributed by atoms with E-state index in [9.17, 15) is 4.79 Å². The van der Waals surface area contributed by atoms with E-state index in [2.05, 4.69) is 15.3 Å². The van der Waals surface area contributed by atoms with Crippen molar-refractivity contribution in [2.45, 2.75) is 13.8 Å². The number of fused-ring (bicyclic) bond motifs is 1. The number of rotatable bonds is 3. The summed E-state index contributed by atoms with van der Waals surface area (Å²) in [5, 5.41) is 12.9. The molecule has 0 aliphatic rings. The Labute approximate surface area is 96.2 Å². The molecule has 16 heavy (non-hydrogen) atoms. The van der Waals surface area contributed by atoms with E-state index < -0.39 is 5.97 Å². The molecular weight excluding hydrogens is 226 g/mol. The molecule has 2 heterocycles. The number of hydrogen-bond donors (Lipinski definition) is 2. The molecule has 0 saturated heterocycles. The molecule has 5 nitrogen and oxygen atoms in total. The number of hydrogen-bond acceptors (Lipinski definition) is 5. The highest BCUT2D eigenvalue weighted by Crippen LogP contribution is 2.32. The largest absolute Gasteiger partial charge is 0.477 e. The highest BCUT2D eigenvalue weighted by Gasteiger charge is 2.17. The van der Waals surface area contributed by atoms with Gasteiger partial charge in [0.25, 0.3) is 0 Å². The Hall–Kier alpha value is -1.69. The predicted molar refractivity (Wildman–Crippen MR) is 63.3 cm³/mol. The van der Waals surface area contributed by atoms with Gasteiger partial charge in [-0.25, -0.2) is 14.8 Å². The van der Waals surface area contributed by atoms with Crippen LogP contribution >= 0.6 is 11.3 Å². The van der Waals surface area contributed by atoms with E-state index in [4.69, 9.17) is 5.11 Å². The first kappa shape index (κ1) is 10.8. The van der Waals surface area contributed by atoms with Crippen LogP contribution in [0.2, 0.25) is 0 Å². The van der Waals surface area contributed by atoms with Crippen molar-refractivity contribution >= 4 is 33.3 Å². The maximum Gasteiger partial charge on any atom is 0.346 e. The van der Waals surface area contributed by atoms with Crippen LogP contribution in [-0.2, 0) is 0 Å². The molecule has 0 unspecified atom stereocenters. The number of carboxylic acids is 1. The molecule has 2 N–H and O–H groups in total. The highest BCUT2D eigenvalue weighted by molar-refractivity contribution is 7.20. The topological polar surface area (TPSA) is 75.1 Å². The Morgan fingerprint density at radius 2 is 2.31 bits per heavy atom. The zero-order valence-corrected chi connectivity index (χ0v) is 9.76. The number of thiophene rings is 1. The molecule has 0 aliphatic carbocycles. The summed E-state index contributed by atoms with van der Waals surface area (Å²) in [4.78, 5) is 20.3. The van der Waals surface area contributed by atoms with E-state index in [0.717, 1.165) is 17.5 Å². The second-order valence-electron chi connectivity index (χ2n) is 3.29. The van der Waals surface area contributed by atoms with Crippen LogP contribution < -0.4 is 5.32 Å². The van der Waals surface area contributed by atoms with Crippen molar-refractivity contribution in [1.29, 1.82) is 0 Å². The van der Waals surface area contributed by atoms with Crippen molar-refractivity contribution in [2.24, 2.45) is 0 Å². The quantitative estimate of drug-likeness (QED) is 0.855. The smallest absolute Gasteiger partial charge is 0.346 e. The van der Waals surface area contributed by atoms with Gasteiger partial charge in [0.1, 0.15) is 21.9 Å². The van der Waals surface area contributed by atoms with E-state index in [1.54, 1.807) is 6.92 Å². The lowest BCUT2D eigenvalue weighted by Crippen LogP contribution is -2.00. The van der Waals surface area contributed by atoms with Crippen LogP contribution in [0, 0.1) is 6.92 Å². The van der Waals surface area contributed by atoms with Gasteiger partial charge in [-0.1, -0.05) is 0 Å². The summed E-state index contributed by atoms with van der Waals surface area (Å²) >= 11 is 1.18. The Kier molecular flexibility index (Phi) is 2.74. The van der Waals surface area contributed by atoms with Gasteiger partial charge in [-0.05, 0) is 19.4 Å². The lowest BCUT2D eigenvalue weighted by molar-refractivity contribution is 0.0701. The number of carboxylic acid groups (broad SMARTS) is 1. The molecule has 0 aliphatic heterocycles. The lowest BCUT2D eigenvalue weighted by atomic mass is 10.2. The predicted octanol–water partition coefficient (Wildman–Crippen LogP) is 2.13. The van der Waals surface area contributed by atoms with Crippen molar-refractivity contribution in [3.05, 3.63) is 16.8 Å². The zero-order valence-electron chi connectivity index (χ0n) is 8.94. The van der Waals surface area contributed by atoms with Crippen LogP contribution in [0.1, 0.15) is 22.2 Å². The molecule has 0 saturated carbocycles. The van der Waals surface area contributed by atoms with E-state index in [0.29, 0.717) is 15.5 Å². The van der Waals surface area contributed by atoms with Gasteiger partial charge in [0.05, 0.1) is 5.39 Å². The van der Waals surface area contributed by atoms with Crippen LogP contribution in [0.3, 0.4) is 0 Å². The van der Waals surface area contributed by atoms with Gasteiger partial charge in [-0.15, -0.1) is 11.3 Å². The van der Waals surface area contributed by atoms with Gasteiger partial charge in [-0.3, -0.25) is 0 Å². The summed E-state index contributed by atoms with van der Waals surface area (Å²) in [6.45, 7) is 4.49. The summed E-state index contributed by atoms with van der Waals surface area (Å²) in [5.41, 5.74) is 0.726. The van der Waals surface area contributed by atoms with Crippen molar-refractivity contribution in [2.75, 3.05) is 11.9 Å². The van der Waals surface area contributed by atoms with Crippen molar-refractivity contribution in [3.63, 3.8) is 0 Å². The minimum atomic E-state index is -0.914. The van der Waals surface area contributed by atoms with Gasteiger partial charge >= 0.3 is 5.97 Å². The van der Waals surface area contributed by atoms with Crippen molar-refractivity contribution in [1.82, 2.24) is 9.97 Å². The van der Waals surface area contributed by atoms with Gasteiger partial charge in [0, 0.05) is 6.54 Å². The fraction of sp³-hybridized carbons (Fsp3) is 0.300. The molecule has 0 atom stereocenters. The average Bonchev–Trinajstić information content (AvgIpc) is 2.58. The van der Waals surface area contributed by atoms with Crippen molar-refractivity contribution in [3.8, 4) is 0 Å². The molecule has 2 rings (SSSR count). The minimum absolute atomic E-state index is 0.328. The molecule has 2 aromatic heterocycles. The maximum absolute atomic E-state index is 11.0. The second kappa shape index (κ2) is 4.05. The number of anilines is 1. The standard InChI is InChI=1S/C10H11N3O2S/c1-3-11-8-6-5(2)7(10(14)15)16-9(6)13-4-12-8/h4H,3H2,1-2H3,(H,14,15)(H,11,12,13). The van der Waals surface area contributed by atoms with E-state index >= 15 is 0 Å². The number of aromatic carboxylic acids is 1. The first-order chi connectivity index (χ1) is 7.65. The summed E-state index contributed by atoms with van der Waals surface area (Å²) in [6, 6.07) is 0. The van der Waals surface area contributed by atoms with Crippen molar-refractivity contribution < 1.29 is 9.90 Å². The number of nitrogens with one attached hydrogen (secondary N) is 1. The van der Waals surface area contributed by atoms with E-state index in [1.165, 1.54) is 17.7 Å². The third-order valence-electron chi connectivity index (χ3n) is 2.27. The maximum atomic E-state index is 11.0. The zero-order chi connectivity index (χ0) is 11.7. The fourth-order valence-corrected chi connectivity index (χ4v) is 2.56. The van der Waals surface area contributed by atoms with Crippen LogP contribution in [0.5, 0.6) is 0 Å². The van der Waals surface area contributed by atoms with E-state index in [-0.39, 0.29) is 0 Å². The minimum Gasteiger partial charge on any atom is -0.477 e. The monoisotopic (exact) mass is 237 g/mol. The first-order valence-electron chi connectivity index (χ1n) is 4.86. The Balaban J connectivity index is 2.71. The summed E-state index contributed by atoms with van der Waals surface area (Å²) in [7, 11) is 0. The molecule has 0 fully saturated rings. The molecule has 0 aromatic carbocycles. The Morgan fingerprint density at radius 3 is 2.94 bits per heavy atom. The molecule has 84 valence electrons.